The molecule has 1 aliphatic heterocycles. The van der Waals surface area contributed by atoms with E-state index in [0.717, 1.165) is 55.7 Å². The minimum Gasteiger partial charge on any atom is -0.371 e. The molecule has 0 unspecified atom stereocenters. The lowest BCUT2D eigenvalue weighted by molar-refractivity contribution is 0.0948. The van der Waals surface area contributed by atoms with Crippen molar-refractivity contribution >= 4 is 39.1 Å². The summed E-state index contributed by atoms with van der Waals surface area (Å²) in [5.41, 5.74) is 2.73. The van der Waals surface area contributed by atoms with Crippen molar-refractivity contribution in [1.82, 2.24) is 10.2 Å². The van der Waals surface area contributed by atoms with Crippen molar-refractivity contribution in [1.29, 1.82) is 0 Å². The van der Waals surface area contributed by atoms with E-state index in [2.05, 4.69) is 50.2 Å². The van der Waals surface area contributed by atoms with Gasteiger partial charge in [-0.3, -0.25) is 9.59 Å². The first kappa shape index (κ1) is 24.3. The van der Waals surface area contributed by atoms with E-state index >= 15 is 0 Å². The Balaban J connectivity index is 1.78. The number of carbonyl (C=O) groups is 2. The summed E-state index contributed by atoms with van der Waals surface area (Å²) in [6, 6.07) is 12.8. The van der Waals surface area contributed by atoms with Gasteiger partial charge in [0.15, 0.2) is 0 Å². The predicted octanol–water partition coefficient (Wildman–Crippen LogP) is 4.76. The molecular weight excluding hydrogens is 468 g/mol. The zero-order valence-corrected chi connectivity index (χ0v) is 20.6. The first-order valence-electron chi connectivity index (χ1n) is 11.5. The summed E-state index contributed by atoms with van der Waals surface area (Å²) in [6.07, 6.45) is 3.49. The number of hydrogen-bond donors (Lipinski definition) is 2. The van der Waals surface area contributed by atoms with Crippen LogP contribution in [0.4, 0.5) is 11.4 Å². The van der Waals surface area contributed by atoms with E-state index in [1.165, 1.54) is 6.42 Å². The van der Waals surface area contributed by atoms with E-state index in [1.54, 1.807) is 18.2 Å². The Bertz CT molecular complexity index is 907. The van der Waals surface area contributed by atoms with Crippen molar-refractivity contribution in [3.8, 4) is 0 Å². The van der Waals surface area contributed by atoms with Crippen LogP contribution < -0.4 is 15.5 Å². The molecule has 2 N–H and O–H groups in total. The molecule has 1 aliphatic rings. The quantitative estimate of drug-likeness (QED) is 0.520. The third kappa shape index (κ3) is 6.56. The minimum atomic E-state index is -0.198. The summed E-state index contributed by atoms with van der Waals surface area (Å²) in [5.74, 6) is -0.298. The highest BCUT2D eigenvalue weighted by Crippen LogP contribution is 2.27. The highest BCUT2D eigenvalue weighted by Gasteiger charge is 2.20. The Kier molecular flexibility index (Phi) is 9.11. The fourth-order valence-electron chi connectivity index (χ4n) is 3.97. The van der Waals surface area contributed by atoms with Gasteiger partial charge in [-0.15, -0.1) is 0 Å². The topological polar surface area (TPSA) is 64.7 Å². The van der Waals surface area contributed by atoms with Crippen LogP contribution in [0.1, 0.15) is 53.8 Å². The Hall–Kier alpha value is -2.38. The van der Waals surface area contributed by atoms with Crippen LogP contribution >= 0.6 is 15.9 Å². The van der Waals surface area contributed by atoms with Gasteiger partial charge in [0.05, 0.1) is 5.56 Å². The standard InChI is InChI=1S/C25H33BrN4O2/c1-3-29(4-2)17-14-27-25(32)22-18-21(12-13-23(22)30-15-6-5-7-16-30)28-24(31)19-8-10-20(26)11-9-19/h8-13,18H,3-7,14-17H2,1-2H3,(H,27,32)(H,28,31). The molecule has 0 aliphatic carbocycles. The number of nitrogens with one attached hydrogen (secondary N) is 2. The third-order valence-corrected chi connectivity index (χ3v) is 6.44. The molecule has 2 aromatic carbocycles. The fraction of sp³-hybridized carbons (Fsp3) is 0.440. The van der Waals surface area contributed by atoms with Crippen molar-refractivity contribution in [2.24, 2.45) is 0 Å². The number of carbonyl (C=O) groups excluding carboxylic acids is 2. The number of likely N-dealkylation sites (N-methyl/N-ethyl adjacent to an activating group) is 1. The van der Waals surface area contributed by atoms with E-state index in [9.17, 15) is 9.59 Å². The molecule has 0 saturated carbocycles. The van der Waals surface area contributed by atoms with Crippen molar-refractivity contribution in [2.45, 2.75) is 33.1 Å². The smallest absolute Gasteiger partial charge is 0.255 e. The molecule has 0 aromatic heterocycles. The molecule has 0 radical (unpaired) electrons. The Morgan fingerprint density at radius 2 is 1.66 bits per heavy atom. The summed E-state index contributed by atoms with van der Waals surface area (Å²) < 4.78 is 0.920. The fourth-order valence-corrected chi connectivity index (χ4v) is 4.24. The number of hydrogen-bond acceptors (Lipinski definition) is 4. The van der Waals surface area contributed by atoms with Crippen LogP contribution in [0.3, 0.4) is 0 Å². The molecule has 0 atom stereocenters. The highest BCUT2D eigenvalue weighted by atomic mass is 79.9. The number of nitrogens with zero attached hydrogens (tertiary/aromatic N) is 2. The van der Waals surface area contributed by atoms with Crippen LogP contribution in [0.25, 0.3) is 0 Å². The van der Waals surface area contributed by atoms with Gasteiger partial charge in [0.2, 0.25) is 0 Å². The van der Waals surface area contributed by atoms with Gasteiger partial charge in [0, 0.05) is 47.6 Å². The Labute approximate surface area is 199 Å². The van der Waals surface area contributed by atoms with Crippen molar-refractivity contribution in [3.63, 3.8) is 0 Å². The maximum absolute atomic E-state index is 13.1. The van der Waals surface area contributed by atoms with Crippen LogP contribution in [-0.2, 0) is 0 Å². The number of halogens is 1. The van der Waals surface area contributed by atoms with Crippen LogP contribution in [0.2, 0.25) is 0 Å². The predicted molar refractivity (Wildman–Crippen MR) is 135 cm³/mol. The van der Waals surface area contributed by atoms with Gasteiger partial charge in [-0.05, 0) is 74.8 Å². The van der Waals surface area contributed by atoms with Gasteiger partial charge in [-0.1, -0.05) is 29.8 Å². The molecule has 0 spiro atoms. The minimum absolute atomic E-state index is 0.0996. The van der Waals surface area contributed by atoms with E-state index < -0.39 is 0 Å². The van der Waals surface area contributed by atoms with E-state index in [4.69, 9.17) is 0 Å². The molecular formula is C25H33BrN4O2. The van der Waals surface area contributed by atoms with Gasteiger partial charge < -0.3 is 20.4 Å². The summed E-state index contributed by atoms with van der Waals surface area (Å²) >= 11 is 3.39. The number of rotatable bonds is 9. The second-order valence-corrected chi connectivity index (χ2v) is 8.94. The molecule has 1 heterocycles. The average molecular weight is 501 g/mol. The second-order valence-electron chi connectivity index (χ2n) is 8.02. The number of amides is 2. The lowest BCUT2D eigenvalue weighted by Crippen LogP contribution is -2.36. The molecule has 172 valence electrons. The van der Waals surface area contributed by atoms with Crippen molar-refractivity contribution in [2.75, 3.05) is 49.5 Å². The molecule has 6 nitrogen and oxygen atoms in total. The van der Waals surface area contributed by atoms with Gasteiger partial charge in [-0.25, -0.2) is 0 Å². The zero-order valence-electron chi connectivity index (χ0n) is 19.0. The van der Waals surface area contributed by atoms with E-state index in [1.807, 2.05) is 24.3 Å². The average Bonchev–Trinajstić information content (AvgIpc) is 2.82. The first-order valence-corrected chi connectivity index (χ1v) is 12.3. The van der Waals surface area contributed by atoms with Crippen molar-refractivity contribution < 1.29 is 9.59 Å². The summed E-state index contributed by atoms with van der Waals surface area (Å²) in [6.45, 7) is 9.47. The molecule has 1 saturated heterocycles. The number of benzene rings is 2. The van der Waals surface area contributed by atoms with Gasteiger partial charge >= 0.3 is 0 Å². The summed E-state index contributed by atoms with van der Waals surface area (Å²) in [7, 11) is 0. The lowest BCUT2D eigenvalue weighted by Gasteiger charge is -2.30. The summed E-state index contributed by atoms with van der Waals surface area (Å²) in [5, 5.41) is 6.01. The van der Waals surface area contributed by atoms with Gasteiger partial charge in [-0.2, -0.15) is 0 Å². The number of anilines is 2. The SMILES string of the molecule is CCN(CC)CCNC(=O)c1cc(NC(=O)c2ccc(Br)cc2)ccc1N1CCCCC1. The molecule has 0 bridgehead atoms. The highest BCUT2D eigenvalue weighted by molar-refractivity contribution is 9.10. The normalized spacial score (nSPS) is 13.8. The zero-order chi connectivity index (χ0) is 22.9. The van der Waals surface area contributed by atoms with Gasteiger partial charge in [0.1, 0.15) is 0 Å². The Morgan fingerprint density at radius 1 is 0.969 bits per heavy atom. The molecule has 7 heteroatoms. The second kappa shape index (κ2) is 12.0. The van der Waals surface area contributed by atoms with Crippen LogP contribution in [-0.4, -0.2) is 56.0 Å². The van der Waals surface area contributed by atoms with Crippen LogP contribution in [0.5, 0.6) is 0 Å². The monoisotopic (exact) mass is 500 g/mol. The van der Waals surface area contributed by atoms with Gasteiger partial charge in [0.25, 0.3) is 11.8 Å². The molecule has 2 aromatic rings. The maximum atomic E-state index is 13.1. The van der Waals surface area contributed by atoms with Crippen LogP contribution in [0, 0.1) is 0 Å². The maximum Gasteiger partial charge on any atom is 0.255 e. The van der Waals surface area contributed by atoms with E-state index in [-0.39, 0.29) is 11.8 Å². The summed E-state index contributed by atoms with van der Waals surface area (Å²) in [4.78, 5) is 30.4. The molecule has 2 amide bonds. The van der Waals surface area contributed by atoms with E-state index in [0.29, 0.717) is 23.4 Å². The van der Waals surface area contributed by atoms with Crippen molar-refractivity contribution in [3.05, 3.63) is 58.1 Å². The molecule has 3 rings (SSSR count). The first-order chi connectivity index (χ1) is 15.5. The van der Waals surface area contributed by atoms with Crippen LogP contribution in [0.15, 0.2) is 46.9 Å². The molecule has 32 heavy (non-hydrogen) atoms. The Morgan fingerprint density at radius 3 is 2.31 bits per heavy atom. The number of piperidine rings is 1. The molecule has 1 fully saturated rings. The third-order valence-electron chi connectivity index (χ3n) is 5.91. The lowest BCUT2D eigenvalue weighted by atomic mass is 10.1. The largest absolute Gasteiger partial charge is 0.371 e.